The fraction of sp³-hybridized carbons (Fsp3) is 1.00. The van der Waals surface area contributed by atoms with Crippen LogP contribution in [0.15, 0.2) is 0 Å². The first-order chi connectivity index (χ1) is 10.2. The van der Waals surface area contributed by atoms with Gasteiger partial charge in [0.05, 0.1) is 0 Å². The molecule has 1 aliphatic heterocycles. The van der Waals surface area contributed by atoms with Crippen LogP contribution in [0.5, 0.6) is 0 Å². The molecule has 0 bridgehead atoms. The Morgan fingerprint density at radius 2 is 1.33 bits per heavy atom. The van der Waals surface area contributed by atoms with Gasteiger partial charge in [-0.05, 0) is 44.3 Å². The van der Waals surface area contributed by atoms with Gasteiger partial charge in [-0.3, -0.25) is 0 Å². The monoisotopic (exact) mass is 299 g/mol. The van der Waals surface area contributed by atoms with Gasteiger partial charge in [-0.25, -0.2) is 0 Å². The van der Waals surface area contributed by atoms with Crippen molar-refractivity contribution in [1.82, 2.24) is 4.90 Å². The summed E-state index contributed by atoms with van der Waals surface area (Å²) in [7, 11) is 0. The van der Waals surface area contributed by atoms with Crippen LogP contribution in [0.25, 0.3) is 0 Å². The first-order valence-electron chi connectivity index (χ1n) is 9.93. The Morgan fingerprint density at radius 1 is 0.857 bits per heavy atom. The van der Waals surface area contributed by atoms with Crippen molar-refractivity contribution in [3.8, 4) is 0 Å². The van der Waals surface area contributed by atoms with E-state index in [4.69, 9.17) is 0 Å². The molecule has 0 aromatic rings. The lowest BCUT2D eigenvalue weighted by Gasteiger charge is -2.30. The summed E-state index contributed by atoms with van der Waals surface area (Å²) in [5.74, 6) is 2.04. The van der Waals surface area contributed by atoms with Crippen LogP contribution in [-0.4, -0.2) is 24.5 Å². The van der Waals surface area contributed by atoms with Gasteiger partial charge in [0, 0.05) is 0 Å². The number of nitrogens with zero attached hydrogens (tertiary/aromatic N) is 1. The molecule has 0 saturated carbocycles. The summed E-state index contributed by atoms with van der Waals surface area (Å²) in [6.45, 7) is 19.4. The summed E-state index contributed by atoms with van der Waals surface area (Å²) in [4.78, 5) is 2.55. The van der Waals surface area contributed by atoms with Crippen molar-refractivity contribution in [2.24, 2.45) is 11.8 Å². The van der Waals surface area contributed by atoms with Gasteiger partial charge in [0.1, 0.15) is 0 Å². The van der Waals surface area contributed by atoms with Crippen molar-refractivity contribution in [3.05, 3.63) is 0 Å². The lowest BCUT2D eigenvalue weighted by atomic mass is 9.95. The molecule has 0 unspecified atom stereocenters. The molecule has 1 nitrogen and oxygen atoms in total. The third-order valence-electron chi connectivity index (χ3n) is 4.70. The van der Waals surface area contributed by atoms with Crippen molar-refractivity contribution in [2.45, 2.75) is 99.8 Å². The maximum absolute atomic E-state index is 2.55. The second-order valence-electron chi connectivity index (χ2n) is 6.14. The number of rotatable bonds is 7. The van der Waals surface area contributed by atoms with Crippen molar-refractivity contribution in [3.63, 3.8) is 0 Å². The van der Waals surface area contributed by atoms with Gasteiger partial charge in [-0.2, -0.15) is 0 Å². The van der Waals surface area contributed by atoms with Crippen LogP contribution in [0.4, 0.5) is 0 Å². The zero-order valence-electron chi connectivity index (χ0n) is 16.4. The average molecular weight is 300 g/mol. The minimum atomic E-state index is 1.01. The van der Waals surface area contributed by atoms with Gasteiger partial charge < -0.3 is 4.90 Å². The predicted octanol–water partition coefficient (Wildman–Crippen LogP) is 6.77. The zero-order chi connectivity index (χ0) is 16.5. The fourth-order valence-electron chi connectivity index (χ4n) is 3.08. The van der Waals surface area contributed by atoms with E-state index in [1.165, 1.54) is 71.0 Å². The molecule has 0 aromatic heterocycles. The van der Waals surface area contributed by atoms with Crippen LogP contribution in [0, 0.1) is 11.8 Å². The zero-order valence-corrected chi connectivity index (χ0v) is 16.4. The molecule has 1 aliphatic rings. The number of hydrogen-bond acceptors (Lipinski definition) is 1. The minimum Gasteiger partial charge on any atom is -0.304 e. The normalized spacial score (nSPS) is 16.0. The van der Waals surface area contributed by atoms with Crippen LogP contribution in [0.1, 0.15) is 99.8 Å². The molecule has 130 valence electrons. The molecule has 1 saturated heterocycles. The molecule has 0 aromatic carbocycles. The van der Waals surface area contributed by atoms with Crippen LogP contribution >= 0.6 is 0 Å². The summed E-state index contributed by atoms with van der Waals surface area (Å²) in [5.41, 5.74) is 0. The molecule has 1 fully saturated rings. The van der Waals surface area contributed by atoms with Gasteiger partial charge >= 0.3 is 0 Å². The van der Waals surface area contributed by atoms with Gasteiger partial charge in [0.15, 0.2) is 0 Å². The highest BCUT2D eigenvalue weighted by molar-refractivity contribution is 4.69. The Hall–Kier alpha value is -0.0400. The summed E-state index contributed by atoms with van der Waals surface area (Å²) < 4.78 is 0. The Bertz CT molecular complexity index is 153. The van der Waals surface area contributed by atoms with Crippen LogP contribution < -0.4 is 0 Å². The van der Waals surface area contributed by atoms with E-state index in [1.54, 1.807) is 0 Å². The number of piperidine rings is 1. The summed E-state index contributed by atoms with van der Waals surface area (Å²) >= 11 is 0. The van der Waals surface area contributed by atoms with Crippen molar-refractivity contribution in [2.75, 3.05) is 19.6 Å². The molecule has 1 heteroatoms. The summed E-state index contributed by atoms with van der Waals surface area (Å²) in [6, 6.07) is 0. The number of hydrogen-bond donors (Lipinski definition) is 0. The Labute approximate surface area is 136 Å². The largest absolute Gasteiger partial charge is 0.304 e. The SMILES string of the molecule is CC.CCC1CCN(CC)CC1.CCCC(CC)CCC. The van der Waals surface area contributed by atoms with E-state index < -0.39 is 0 Å². The highest BCUT2D eigenvalue weighted by Gasteiger charge is 2.15. The average Bonchev–Trinajstić information content (AvgIpc) is 2.57. The Kier molecular flexibility index (Phi) is 19.9. The highest BCUT2D eigenvalue weighted by Crippen LogP contribution is 2.19. The first-order valence-corrected chi connectivity index (χ1v) is 9.93. The van der Waals surface area contributed by atoms with Gasteiger partial charge in [0.25, 0.3) is 0 Å². The topological polar surface area (TPSA) is 3.24 Å². The van der Waals surface area contributed by atoms with E-state index in [0.717, 1.165) is 11.8 Å². The molecular formula is C20H45N. The lowest BCUT2D eigenvalue weighted by Crippen LogP contribution is -2.33. The Balaban J connectivity index is 0. The predicted molar refractivity (Wildman–Crippen MR) is 100 cm³/mol. The standard InChI is InChI=1S/C9H19N.C9H20.C2H6/c1-3-9-5-7-10(4-2)8-6-9;1-4-7-9(6-3)8-5-2;1-2/h9H,3-8H2,1-2H3;9H,4-8H2,1-3H3;1-2H3. The number of likely N-dealkylation sites (tertiary alicyclic amines) is 1. The maximum atomic E-state index is 2.55. The molecule has 21 heavy (non-hydrogen) atoms. The van der Waals surface area contributed by atoms with Crippen LogP contribution in [-0.2, 0) is 0 Å². The molecule has 0 radical (unpaired) electrons. The molecule has 1 heterocycles. The first kappa shape index (κ1) is 23.2. The van der Waals surface area contributed by atoms with E-state index in [0.29, 0.717) is 0 Å². The Morgan fingerprint density at radius 3 is 1.62 bits per heavy atom. The quantitative estimate of drug-likeness (QED) is 0.501. The second-order valence-corrected chi connectivity index (χ2v) is 6.14. The van der Waals surface area contributed by atoms with E-state index in [2.05, 4.69) is 39.5 Å². The maximum Gasteiger partial charge on any atom is -0.00162 e. The molecule has 0 spiro atoms. The third kappa shape index (κ3) is 13.4. The molecule has 0 N–H and O–H groups in total. The van der Waals surface area contributed by atoms with Crippen LogP contribution in [0.3, 0.4) is 0 Å². The molecule has 0 amide bonds. The van der Waals surface area contributed by atoms with Crippen molar-refractivity contribution < 1.29 is 0 Å². The summed E-state index contributed by atoms with van der Waals surface area (Å²) in [6.07, 6.45) is 11.2. The van der Waals surface area contributed by atoms with Crippen molar-refractivity contribution >= 4 is 0 Å². The minimum absolute atomic E-state index is 1.01. The third-order valence-corrected chi connectivity index (χ3v) is 4.70. The fourth-order valence-corrected chi connectivity index (χ4v) is 3.08. The van der Waals surface area contributed by atoms with E-state index in [1.807, 2.05) is 13.8 Å². The van der Waals surface area contributed by atoms with Crippen molar-refractivity contribution in [1.29, 1.82) is 0 Å². The van der Waals surface area contributed by atoms with Gasteiger partial charge in [-0.15, -0.1) is 0 Å². The van der Waals surface area contributed by atoms with Gasteiger partial charge in [-0.1, -0.05) is 87.0 Å². The van der Waals surface area contributed by atoms with E-state index >= 15 is 0 Å². The van der Waals surface area contributed by atoms with E-state index in [9.17, 15) is 0 Å². The molecule has 1 rings (SSSR count). The van der Waals surface area contributed by atoms with Crippen LogP contribution in [0.2, 0.25) is 0 Å². The highest BCUT2D eigenvalue weighted by atomic mass is 15.1. The lowest BCUT2D eigenvalue weighted by molar-refractivity contribution is 0.190. The summed E-state index contributed by atoms with van der Waals surface area (Å²) in [5, 5.41) is 0. The molecule has 0 atom stereocenters. The van der Waals surface area contributed by atoms with Gasteiger partial charge in [0.2, 0.25) is 0 Å². The second kappa shape index (κ2) is 18.0. The van der Waals surface area contributed by atoms with E-state index in [-0.39, 0.29) is 0 Å². The molecule has 0 aliphatic carbocycles. The smallest absolute Gasteiger partial charge is 0.00162 e. The molecular weight excluding hydrogens is 254 g/mol.